The van der Waals surface area contributed by atoms with Gasteiger partial charge in [-0.3, -0.25) is 14.4 Å². The number of halogens is 1. The van der Waals surface area contributed by atoms with Crippen molar-refractivity contribution in [3.8, 4) is 0 Å². The van der Waals surface area contributed by atoms with Crippen LogP contribution in [0, 0.1) is 19.8 Å². The number of hydrogen-bond donors (Lipinski definition) is 1. The standard InChI is InChI=1S/C17H30N4O2.ClH/c1-5-23-17(22)11-21-14(4)16(13(3)19-21)10-20-8-6-7-15(9-20)12(2)18;/h12,15H,5-11,18H2,1-4H3;1H. The molecule has 2 rings (SSSR count). The Labute approximate surface area is 151 Å². The maximum Gasteiger partial charge on any atom is 0.327 e. The lowest BCUT2D eigenvalue weighted by Crippen LogP contribution is -2.42. The van der Waals surface area contributed by atoms with Gasteiger partial charge in [0.05, 0.1) is 12.3 Å². The highest BCUT2D eigenvalue weighted by Gasteiger charge is 2.24. The number of carbonyl (C=O) groups is 1. The number of esters is 1. The van der Waals surface area contributed by atoms with Crippen LogP contribution in [0.4, 0.5) is 0 Å². The molecular weight excluding hydrogens is 328 g/mol. The van der Waals surface area contributed by atoms with Crippen LogP contribution >= 0.6 is 12.4 Å². The SMILES string of the molecule is CCOC(=O)Cn1nc(C)c(CN2CCCC(C(C)N)C2)c1C.Cl. The Kier molecular flexibility index (Phi) is 8.19. The fourth-order valence-corrected chi connectivity index (χ4v) is 3.33. The summed E-state index contributed by atoms with van der Waals surface area (Å²) in [5.41, 5.74) is 9.35. The lowest BCUT2D eigenvalue weighted by atomic mass is 9.92. The predicted octanol–water partition coefficient (Wildman–Crippen LogP) is 2.04. The molecule has 1 saturated heterocycles. The Balaban J connectivity index is 0.00000288. The molecule has 0 radical (unpaired) electrons. The summed E-state index contributed by atoms with van der Waals surface area (Å²) in [7, 11) is 0. The number of carbonyl (C=O) groups excluding carboxylic acids is 1. The summed E-state index contributed by atoms with van der Waals surface area (Å²) >= 11 is 0. The molecule has 2 heterocycles. The molecule has 0 saturated carbocycles. The molecule has 0 amide bonds. The summed E-state index contributed by atoms with van der Waals surface area (Å²) in [6.07, 6.45) is 2.41. The number of aryl methyl sites for hydroxylation is 1. The van der Waals surface area contributed by atoms with Crippen molar-refractivity contribution in [1.29, 1.82) is 0 Å². The Morgan fingerprint density at radius 2 is 2.17 bits per heavy atom. The molecule has 0 aromatic carbocycles. The molecule has 1 fully saturated rings. The van der Waals surface area contributed by atoms with Crippen molar-refractivity contribution in [2.75, 3.05) is 19.7 Å². The van der Waals surface area contributed by atoms with Gasteiger partial charge in [0.2, 0.25) is 0 Å². The summed E-state index contributed by atoms with van der Waals surface area (Å²) in [5, 5.41) is 4.52. The van der Waals surface area contributed by atoms with Gasteiger partial charge in [0.25, 0.3) is 0 Å². The molecule has 1 aliphatic rings. The van der Waals surface area contributed by atoms with Crippen molar-refractivity contribution in [3.05, 3.63) is 17.0 Å². The van der Waals surface area contributed by atoms with E-state index in [-0.39, 0.29) is 31.0 Å². The van der Waals surface area contributed by atoms with E-state index in [2.05, 4.69) is 16.9 Å². The van der Waals surface area contributed by atoms with E-state index >= 15 is 0 Å². The molecule has 1 aromatic rings. The van der Waals surface area contributed by atoms with Crippen LogP contribution in [0.3, 0.4) is 0 Å². The Bertz CT molecular complexity index is 545. The van der Waals surface area contributed by atoms with E-state index in [0.717, 1.165) is 31.0 Å². The molecule has 24 heavy (non-hydrogen) atoms. The average molecular weight is 359 g/mol. The van der Waals surface area contributed by atoms with Gasteiger partial charge in [0, 0.05) is 30.4 Å². The number of rotatable bonds is 6. The van der Waals surface area contributed by atoms with Crippen molar-refractivity contribution in [2.45, 2.75) is 59.7 Å². The molecule has 0 spiro atoms. The Hall–Kier alpha value is -1.11. The first-order valence-electron chi connectivity index (χ1n) is 8.58. The van der Waals surface area contributed by atoms with E-state index in [9.17, 15) is 4.79 Å². The molecule has 1 aromatic heterocycles. The third-order valence-electron chi connectivity index (χ3n) is 4.78. The highest BCUT2D eigenvalue weighted by atomic mass is 35.5. The van der Waals surface area contributed by atoms with Gasteiger partial charge in [-0.15, -0.1) is 12.4 Å². The number of likely N-dealkylation sites (tertiary alicyclic amines) is 1. The van der Waals surface area contributed by atoms with E-state index in [4.69, 9.17) is 10.5 Å². The van der Waals surface area contributed by atoms with Crippen molar-refractivity contribution in [1.82, 2.24) is 14.7 Å². The van der Waals surface area contributed by atoms with Crippen LogP contribution in [0.5, 0.6) is 0 Å². The van der Waals surface area contributed by atoms with Gasteiger partial charge < -0.3 is 10.5 Å². The number of hydrogen-bond acceptors (Lipinski definition) is 5. The quantitative estimate of drug-likeness (QED) is 0.788. The topological polar surface area (TPSA) is 73.4 Å². The van der Waals surface area contributed by atoms with Gasteiger partial charge in [0.15, 0.2) is 0 Å². The average Bonchev–Trinajstić information content (AvgIpc) is 2.75. The first-order chi connectivity index (χ1) is 10.9. The third kappa shape index (κ3) is 5.19. The Morgan fingerprint density at radius 1 is 1.46 bits per heavy atom. The molecule has 1 aliphatic heterocycles. The van der Waals surface area contributed by atoms with E-state index in [1.165, 1.54) is 18.4 Å². The predicted molar refractivity (Wildman–Crippen MR) is 97.2 cm³/mol. The molecule has 0 aliphatic carbocycles. The van der Waals surface area contributed by atoms with Crippen molar-refractivity contribution < 1.29 is 9.53 Å². The molecule has 2 unspecified atom stereocenters. The smallest absolute Gasteiger partial charge is 0.327 e. The second kappa shape index (κ2) is 9.39. The summed E-state index contributed by atoms with van der Waals surface area (Å²) in [4.78, 5) is 14.1. The molecule has 138 valence electrons. The summed E-state index contributed by atoms with van der Waals surface area (Å²) in [6, 6.07) is 0.242. The molecule has 0 bridgehead atoms. The zero-order valence-corrected chi connectivity index (χ0v) is 16.1. The van der Waals surface area contributed by atoms with E-state index < -0.39 is 0 Å². The van der Waals surface area contributed by atoms with Crippen molar-refractivity contribution in [3.63, 3.8) is 0 Å². The van der Waals surface area contributed by atoms with Gasteiger partial charge in [-0.1, -0.05) is 0 Å². The molecule has 2 N–H and O–H groups in total. The second-order valence-corrected chi connectivity index (χ2v) is 6.61. The zero-order chi connectivity index (χ0) is 17.0. The summed E-state index contributed by atoms with van der Waals surface area (Å²) in [6.45, 7) is 11.6. The van der Waals surface area contributed by atoms with Crippen LogP contribution < -0.4 is 5.73 Å². The first kappa shape index (κ1) is 20.9. The molecule has 6 nitrogen and oxygen atoms in total. The van der Waals surface area contributed by atoms with E-state index in [0.29, 0.717) is 12.5 Å². The minimum absolute atomic E-state index is 0. The van der Waals surface area contributed by atoms with Gasteiger partial charge in [-0.2, -0.15) is 5.10 Å². The van der Waals surface area contributed by atoms with Crippen LogP contribution in [-0.2, 0) is 22.6 Å². The number of piperidine rings is 1. The molecule has 2 atom stereocenters. The monoisotopic (exact) mass is 358 g/mol. The first-order valence-corrected chi connectivity index (χ1v) is 8.58. The fourth-order valence-electron chi connectivity index (χ4n) is 3.33. The molecule has 7 heteroatoms. The number of ether oxygens (including phenoxy) is 1. The van der Waals surface area contributed by atoms with Gasteiger partial charge >= 0.3 is 5.97 Å². The largest absolute Gasteiger partial charge is 0.465 e. The van der Waals surface area contributed by atoms with Gasteiger partial charge in [-0.25, -0.2) is 0 Å². The van der Waals surface area contributed by atoms with Crippen LogP contribution in [0.2, 0.25) is 0 Å². The number of aromatic nitrogens is 2. The van der Waals surface area contributed by atoms with Crippen molar-refractivity contribution in [2.24, 2.45) is 11.7 Å². The van der Waals surface area contributed by atoms with Gasteiger partial charge in [0.1, 0.15) is 6.54 Å². The second-order valence-electron chi connectivity index (χ2n) is 6.61. The van der Waals surface area contributed by atoms with E-state index in [1.807, 2.05) is 20.8 Å². The van der Waals surface area contributed by atoms with Crippen LogP contribution in [-0.4, -0.2) is 46.4 Å². The summed E-state index contributed by atoms with van der Waals surface area (Å²) < 4.78 is 6.78. The maximum absolute atomic E-state index is 11.7. The Morgan fingerprint density at radius 3 is 2.79 bits per heavy atom. The maximum atomic E-state index is 11.7. The molecular formula is C17H31ClN4O2. The van der Waals surface area contributed by atoms with Crippen LogP contribution in [0.25, 0.3) is 0 Å². The minimum Gasteiger partial charge on any atom is -0.465 e. The normalized spacial score (nSPS) is 19.6. The zero-order valence-electron chi connectivity index (χ0n) is 15.2. The lowest BCUT2D eigenvalue weighted by molar-refractivity contribution is -0.144. The van der Waals surface area contributed by atoms with Crippen LogP contribution in [0.15, 0.2) is 0 Å². The lowest BCUT2D eigenvalue weighted by Gasteiger charge is -2.34. The highest BCUT2D eigenvalue weighted by molar-refractivity contribution is 5.85. The number of nitrogens with two attached hydrogens (primary N) is 1. The highest BCUT2D eigenvalue weighted by Crippen LogP contribution is 2.23. The van der Waals surface area contributed by atoms with Crippen LogP contribution in [0.1, 0.15) is 43.6 Å². The third-order valence-corrected chi connectivity index (χ3v) is 4.78. The van der Waals surface area contributed by atoms with Gasteiger partial charge in [-0.05, 0) is 53.0 Å². The van der Waals surface area contributed by atoms with E-state index in [1.54, 1.807) is 4.68 Å². The minimum atomic E-state index is -0.236. The summed E-state index contributed by atoms with van der Waals surface area (Å²) in [5.74, 6) is 0.332. The number of nitrogens with zero attached hydrogens (tertiary/aromatic N) is 3. The van der Waals surface area contributed by atoms with Crippen molar-refractivity contribution >= 4 is 18.4 Å². The fraction of sp³-hybridized carbons (Fsp3) is 0.765.